The summed E-state index contributed by atoms with van der Waals surface area (Å²) in [7, 11) is -1.88. The van der Waals surface area contributed by atoms with E-state index in [1.807, 2.05) is 20.8 Å². The Kier molecular flexibility index (Phi) is 8.16. The summed E-state index contributed by atoms with van der Waals surface area (Å²) in [5.41, 5.74) is -1.13. The molecule has 0 aliphatic carbocycles. The number of amides is 1. The van der Waals surface area contributed by atoms with Crippen LogP contribution in [0.4, 0.5) is 4.79 Å². The van der Waals surface area contributed by atoms with E-state index in [1.165, 1.54) is 4.90 Å². The van der Waals surface area contributed by atoms with Gasteiger partial charge < -0.3 is 13.9 Å². The minimum absolute atomic E-state index is 0.116. The van der Waals surface area contributed by atoms with Crippen molar-refractivity contribution >= 4 is 20.4 Å². The lowest BCUT2D eigenvalue weighted by atomic mass is 9.86. The van der Waals surface area contributed by atoms with E-state index in [2.05, 4.69) is 40.4 Å². The molecule has 6 nitrogen and oxygen atoms in total. The molecule has 0 aromatic rings. The van der Waals surface area contributed by atoms with Crippen LogP contribution < -0.4 is 0 Å². The van der Waals surface area contributed by atoms with Gasteiger partial charge in [-0.25, -0.2) is 9.59 Å². The molecule has 29 heavy (non-hydrogen) atoms. The van der Waals surface area contributed by atoms with Crippen molar-refractivity contribution < 1.29 is 23.5 Å². The van der Waals surface area contributed by atoms with Crippen molar-refractivity contribution in [1.29, 1.82) is 0 Å². The smallest absolute Gasteiger partial charge is 0.411 e. The first-order valence-corrected chi connectivity index (χ1v) is 13.5. The molecule has 0 radical (unpaired) electrons. The Morgan fingerprint density at radius 2 is 1.76 bits per heavy atom. The maximum atomic E-state index is 13.0. The van der Waals surface area contributed by atoms with Crippen LogP contribution >= 0.6 is 0 Å². The summed E-state index contributed by atoms with van der Waals surface area (Å²) in [6.45, 7) is 23.5. The summed E-state index contributed by atoms with van der Waals surface area (Å²) in [5, 5.41) is 0.116. The van der Waals surface area contributed by atoms with Gasteiger partial charge in [-0.05, 0) is 70.7 Å². The summed E-state index contributed by atoms with van der Waals surface area (Å²) in [6, 6.07) is 0. The maximum absolute atomic E-state index is 13.0. The average Bonchev–Trinajstić information content (AvgIpc) is 2.87. The van der Waals surface area contributed by atoms with Crippen LogP contribution in [0.25, 0.3) is 0 Å². The number of rotatable bonds is 7. The Bertz CT molecular complexity index is 618. The number of ether oxygens (including phenoxy) is 2. The molecule has 7 heteroatoms. The Hall–Kier alpha value is -1.34. The van der Waals surface area contributed by atoms with Gasteiger partial charge in [-0.1, -0.05) is 27.4 Å². The number of carbonyl (C=O) groups excluding carboxylic acids is 2. The average molecular weight is 428 g/mol. The van der Waals surface area contributed by atoms with Gasteiger partial charge in [0.15, 0.2) is 13.9 Å². The molecule has 1 unspecified atom stereocenters. The second-order valence-corrected chi connectivity index (χ2v) is 15.1. The van der Waals surface area contributed by atoms with E-state index >= 15 is 0 Å². The normalized spacial score (nSPS) is 20.7. The summed E-state index contributed by atoms with van der Waals surface area (Å²) in [6.07, 6.45) is 1.10. The number of esters is 1. The maximum Gasteiger partial charge on any atom is 0.411 e. The van der Waals surface area contributed by atoms with Gasteiger partial charge >= 0.3 is 12.1 Å². The van der Waals surface area contributed by atoms with Gasteiger partial charge in [0.25, 0.3) is 0 Å². The van der Waals surface area contributed by atoms with E-state index < -0.39 is 31.5 Å². The number of hydrogen-bond acceptors (Lipinski definition) is 5. The molecule has 1 rings (SSSR count). The van der Waals surface area contributed by atoms with E-state index in [4.69, 9.17) is 13.9 Å². The zero-order valence-electron chi connectivity index (χ0n) is 19.9. The first-order valence-electron chi connectivity index (χ1n) is 10.6. The van der Waals surface area contributed by atoms with Crippen molar-refractivity contribution in [2.24, 2.45) is 0 Å². The Labute approximate surface area is 178 Å². The van der Waals surface area contributed by atoms with Crippen LogP contribution in [0.2, 0.25) is 18.1 Å². The third-order valence-electron chi connectivity index (χ3n) is 5.86. The zero-order chi connectivity index (χ0) is 22.7. The van der Waals surface area contributed by atoms with Gasteiger partial charge in [0, 0.05) is 13.2 Å². The largest absolute Gasteiger partial charge is 0.464 e. The minimum Gasteiger partial charge on any atom is -0.464 e. The lowest BCUT2D eigenvalue weighted by Gasteiger charge is -2.39. The number of hydrogen-bond donors (Lipinski definition) is 0. The summed E-state index contributed by atoms with van der Waals surface area (Å²) < 4.78 is 17.2. The zero-order valence-corrected chi connectivity index (χ0v) is 20.9. The van der Waals surface area contributed by atoms with Crippen molar-refractivity contribution in [3.05, 3.63) is 12.2 Å². The van der Waals surface area contributed by atoms with Crippen molar-refractivity contribution in [2.75, 3.05) is 19.8 Å². The van der Waals surface area contributed by atoms with Gasteiger partial charge in [0.2, 0.25) is 0 Å². The Balaban J connectivity index is 3.03. The number of nitrogens with zero attached hydrogens (tertiary/aromatic N) is 1. The summed E-state index contributed by atoms with van der Waals surface area (Å²) in [5.74, 6) is -0.430. The lowest BCUT2D eigenvalue weighted by Crippen LogP contribution is -2.56. The van der Waals surface area contributed by atoms with E-state index in [9.17, 15) is 9.59 Å². The standard InChI is InChI=1S/C22H41NO5Si/c1-11-26-18(24)22(14-12-16-27-29(9,10)21(6,7)8)17(2)13-15-23(22)19(25)28-20(3,4)5/h2,11-16H2,1,3-10H3. The third-order valence-corrected chi connectivity index (χ3v) is 10.4. The minimum atomic E-state index is -1.88. The fourth-order valence-corrected chi connectivity index (χ4v) is 4.28. The fraction of sp³-hybridized carbons (Fsp3) is 0.818. The monoisotopic (exact) mass is 427 g/mol. The van der Waals surface area contributed by atoms with E-state index in [0.717, 1.165) is 0 Å². The van der Waals surface area contributed by atoms with Gasteiger partial charge in [-0.2, -0.15) is 0 Å². The van der Waals surface area contributed by atoms with Crippen molar-refractivity contribution in [3.63, 3.8) is 0 Å². The number of likely N-dealkylation sites (tertiary alicyclic amines) is 1. The summed E-state index contributed by atoms with van der Waals surface area (Å²) >= 11 is 0. The molecule has 1 aliphatic rings. The highest BCUT2D eigenvalue weighted by Crippen LogP contribution is 2.41. The van der Waals surface area contributed by atoms with Crippen molar-refractivity contribution in [2.45, 2.75) is 97.0 Å². The van der Waals surface area contributed by atoms with Crippen molar-refractivity contribution in [1.82, 2.24) is 4.90 Å². The van der Waals surface area contributed by atoms with Gasteiger partial charge in [-0.3, -0.25) is 4.90 Å². The molecule has 1 amide bonds. The molecule has 0 saturated carbocycles. The van der Waals surface area contributed by atoms with Gasteiger partial charge in [0.05, 0.1) is 6.61 Å². The molecule has 1 saturated heterocycles. The van der Waals surface area contributed by atoms with Crippen LogP contribution in [0.3, 0.4) is 0 Å². The van der Waals surface area contributed by atoms with E-state index in [0.29, 0.717) is 38.0 Å². The highest BCUT2D eigenvalue weighted by atomic mass is 28.4. The molecule has 1 atom stereocenters. The van der Waals surface area contributed by atoms with Crippen molar-refractivity contribution in [3.8, 4) is 0 Å². The van der Waals surface area contributed by atoms with Crippen LogP contribution in [-0.4, -0.2) is 56.2 Å². The number of carbonyl (C=O) groups is 2. The predicted octanol–water partition coefficient (Wildman–Crippen LogP) is 5.29. The molecule has 168 valence electrons. The first kappa shape index (κ1) is 25.7. The molecule has 0 spiro atoms. The predicted molar refractivity (Wildman–Crippen MR) is 118 cm³/mol. The topological polar surface area (TPSA) is 65.1 Å². The van der Waals surface area contributed by atoms with E-state index in [-0.39, 0.29) is 11.6 Å². The Morgan fingerprint density at radius 3 is 2.24 bits per heavy atom. The van der Waals surface area contributed by atoms with Crippen LogP contribution in [-0.2, 0) is 18.7 Å². The molecule has 0 aromatic heterocycles. The fourth-order valence-electron chi connectivity index (χ4n) is 3.19. The van der Waals surface area contributed by atoms with Crippen LogP contribution in [0.1, 0.15) is 67.7 Å². The lowest BCUT2D eigenvalue weighted by molar-refractivity contribution is -0.154. The summed E-state index contributed by atoms with van der Waals surface area (Å²) in [4.78, 5) is 27.4. The molecule has 0 aromatic carbocycles. The molecule has 1 aliphatic heterocycles. The molecular weight excluding hydrogens is 386 g/mol. The molecule has 1 fully saturated rings. The molecular formula is C22H41NO5Si. The molecule has 0 N–H and O–H groups in total. The quantitative estimate of drug-likeness (QED) is 0.239. The van der Waals surface area contributed by atoms with Gasteiger partial charge in [-0.15, -0.1) is 0 Å². The second kappa shape index (κ2) is 9.21. The van der Waals surface area contributed by atoms with Crippen LogP contribution in [0.5, 0.6) is 0 Å². The van der Waals surface area contributed by atoms with E-state index in [1.54, 1.807) is 6.92 Å². The highest BCUT2D eigenvalue weighted by molar-refractivity contribution is 6.74. The SMILES string of the molecule is C=C1CCN(C(=O)OC(C)(C)C)C1(CCCO[Si](C)(C)C(C)(C)C)C(=O)OCC. The first-order chi connectivity index (χ1) is 13.1. The van der Waals surface area contributed by atoms with Gasteiger partial charge in [0.1, 0.15) is 5.60 Å². The highest BCUT2D eigenvalue weighted by Gasteiger charge is 2.54. The van der Waals surface area contributed by atoms with Crippen LogP contribution in [0, 0.1) is 0 Å². The third kappa shape index (κ3) is 6.07. The van der Waals surface area contributed by atoms with Crippen LogP contribution in [0.15, 0.2) is 12.2 Å². The Morgan fingerprint density at radius 1 is 1.17 bits per heavy atom. The molecule has 1 heterocycles. The molecule has 0 bridgehead atoms. The second-order valence-electron chi connectivity index (χ2n) is 10.3.